The van der Waals surface area contributed by atoms with Crippen LogP contribution in [0, 0.1) is 0 Å². The fourth-order valence-corrected chi connectivity index (χ4v) is 1.98. The maximum atomic E-state index is 12.5. The quantitative estimate of drug-likeness (QED) is 0.870. The molecule has 1 atom stereocenters. The number of benzene rings is 1. The van der Waals surface area contributed by atoms with Gasteiger partial charge >= 0.3 is 0 Å². The number of carbonyl (C=O) groups excluding carboxylic acids is 1. The summed E-state index contributed by atoms with van der Waals surface area (Å²) in [5.74, 6) is -0.872. The highest BCUT2D eigenvalue weighted by molar-refractivity contribution is 7.13. The van der Waals surface area contributed by atoms with Crippen LogP contribution in [0.3, 0.4) is 0 Å². The van der Waals surface area contributed by atoms with E-state index in [0.717, 1.165) is 10.6 Å². The van der Waals surface area contributed by atoms with Gasteiger partial charge in [-0.1, -0.05) is 23.7 Å². The number of anilines is 1. The van der Waals surface area contributed by atoms with Crippen LogP contribution in [-0.2, 0) is 4.79 Å². The second kappa shape index (κ2) is 5.25. The van der Waals surface area contributed by atoms with Gasteiger partial charge in [0.15, 0.2) is 0 Å². The van der Waals surface area contributed by atoms with Crippen LogP contribution in [0.4, 0.5) is 10.1 Å². The third-order valence-corrected chi connectivity index (χ3v) is 3.03. The van der Waals surface area contributed by atoms with Gasteiger partial charge < -0.3 is 5.32 Å². The summed E-state index contributed by atoms with van der Waals surface area (Å²) in [4.78, 5) is 15.2. The van der Waals surface area contributed by atoms with Crippen molar-refractivity contribution in [2.24, 2.45) is 0 Å². The molecule has 0 saturated carbocycles. The van der Waals surface area contributed by atoms with Gasteiger partial charge in [-0.25, -0.2) is 9.37 Å². The minimum atomic E-state index is -2.04. The lowest BCUT2D eigenvalue weighted by atomic mass is 10.2. The van der Waals surface area contributed by atoms with Gasteiger partial charge in [0.05, 0.1) is 0 Å². The number of alkyl halides is 2. The molecule has 0 fully saturated rings. The van der Waals surface area contributed by atoms with E-state index in [0.29, 0.717) is 5.69 Å². The number of nitrogens with zero attached hydrogens (tertiary/aromatic N) is 1. The van der Waals surface area contributed by atoms with E-state index in [1.165, 1.54) is 11.3 Å². The summed E-state index contributed by atoms with van der Waals surface area (Å²) in [6.45, 7) is 0. The Bertz CT molecular complexity index is 516. The molecule has 0 saturated heterocycles. The molecule has 1 aromatic carbocycles. The van der Waals surface area contributed by atoms with E-state index in [1.807, 2.05) is 11.4 Å². The third-order valence-electron chi connectivity index (χ3n) is 2.01. The molecule has 1 N–H and O–H groups in total. The molecule has 1 heterocycles. The van der Waals surface area contributed by atoms with E-state index in [2.05, 4.69) is 10.3 Å². The average molecular weight is 271 g/mol. The molecule has 2 rings (SSSR count). The molecule has 1 amide bonds. The Kier molecular flexibility index (Phi) is 3.71. The zero-order valence-corrected chi connectivity index (χ0v) is 10.1. The topological polar surface area (TPSA) is 42.0 Å². The molecule has 0 aliphatic rings. The van der Waals surface area contributed by atoms with Gasteiger partial charge in [-0.3, -0.25) is 4.79 Å². The van der Waals surface area contributed by atoms with E-state index in [-0.39, 0.29) is 0 Å². The lowest BCUT2D eigenvalue weighted by Crippen LogP contribution is -2.19. The van der Waals surface area contributed by atoms with E-state index in [1.54, 1.807) is 24.4 Å². The first-order valence-corrected chi connectivity index (χ1v) is 6.07. The fraction of sp³-hybridized carbons (Fsp3) is 0.0909. The second-order valence-corrected chi connectivity index (χ2v) is 4.49. The van der Waals surface area contributed by atoms with Crippen molar-refractivity contribution >= 4 is 34.5 Å². The first-order valence-electron chi connectivity index (χ1n) is 4.76. The SMILES string of the molecule is O=C(Nc1cccc(-c2nccs2)c1)C(F)Cl. The normalized spacial score (nSPS) is 12.1. The number of hydrogen-bond donors (Lipinski definition) is 1. The summed E-state index contributed by atoms with van der Waals surface area (Å²) in [5.41, 5.74) is -0.688. The summed E-state index contributed by atoms with van der Waals surface area (Å²) in [7, 11) is 0. The van der Waals surface area contributed by atoms with Gasteiger partial charge in [-0.05, 0) is 12.1 Å². The van der Waals surface area contributed by atoms with E-state index in [4.69, 9.17) is 11.6 Å². The maximum Gasteiger partial charge on any atom is 0.274 e. The molecule has 1 aromatic heterocycles. The molecule has 1 unspecified atom stereocenters. The van der Waals surface area contributed by atoms with Gasteiger partial charge in [0.1, 0.15) is 5.01 Å². The van der Waals surface area contributed by atoms with Crippen molar-refractivity contribution in [2.45, 2.75) is 5.63 Å². The molecule has 3 nitrogen and oxygen atoms in total. The van der Waals surface area contributed by atoms with Crippen LogP contribution in [0.5, 0.6) is 0 Å². The molecule has 17 heavy (non-hydrogen) atoms. The van der Waals surface area contributed by atoms with Crippen LogP contribution >= 0.6 is 22.9 Å². The van der Waals surface area contributed by atoms with Crippen molar-refractivity contribution in [1.82, 2.24) is 4.98 Å². The number of thiazole rings is 1. The molecule has 2 aromatic rings. The van der Waals surface area contributed by atoms with Crippen LogP contribution in [0.15, 0.2) is 35.8 Å². The monoisotopic (exact) mass is 270 g/mol. The summed E-state index contributed by atoms with van der Waals surface area (Å²) in [5, 5.41) is 5.07. The van der Waals surface area contributed by atoms with Crippen molar-refractivity contribution in [1.29, 1.82) is 0 Å². The van der Waals surface area contributed by atoms with Crippen LogP contribution in [-0.4, -0.2) is 16.5 Å². The highest BCUT2D eigenvalue weighted by Crippen LogP contribution is 2.24. The Morgan fingerprint density at radius 2 is 2.35 bits per heavy atom. The van der Waals surface area contributed by atoms with Gasteiger partial charge in [0.2, 0.25) is 0 Å². The number of rotatable bonds is 3. The Labute approximate surface area is 106 Å². The molecule has 0 bridgehead atoms. The van der Waals surface area contributed by atoms with Crippen molar-refractivity contribution in [3.63, 3.8) is 0 Å². The van der Waals surface area contributed by atoms with Crippen LogP contribution in [0.25, 0.3) is 10.6 Å². The van der Waals surface area contributed by atoms with Gasteiger partial charge in [-0.15, -0.1) is 11.3 Å². The molecule has 6 heteroatoms. The number of amides is 1. The van der Waals surface area contributed by atoms with E-state index in [9.17, 15) is 9.18 Å². The zero-order chi connectivity index (χ0) is 12.3. The van der Waals surface area contributed by atoms with Gasteiger partial charge in [-0.2, -0.15) is 0 Å². The predicted molar refractivity (Wildman–Crippen MR) is 66.9 cm³/mol. The Morgan fingerprint density at radius 3 is 3.00 bits per heavy atom. The van der Waals surface area contributed by atoms with E-state index >= 15 is 0 Å². The minimum absolute atomic E-state index is 0.492. The molecule has 88 valence electrons. The van der Waals surface area contributed by atoms with Crippen LogP contribution < -0.4 is 5.32 Å². The highest BCUT2D eigenvalue weighted by atomic mass is 35.5. The Hall–Kier alpha value is -1.46. The van der Waals surface area contributed by atoms with Gasteiger partial charge in [0.25, 0.3) is 11.5 Å². The van der Waals surface area contributed by atoms with Crippen LogP contribution in [0.1, 0.15) is 0 Å². The summed E-state index contributed by atoms with van der Waals surface area (Å²) >= 11 is 6.51. The summed E-state index contributed by atoms with van der Waals surface area (Å²) in [6.07, 6.45) is 1.70. The molecule has 0 spiro atoms. The predicted octanol–water partition coefficient (Wildman–Crippen LogP) is 3.28. The second-order valence-electron chi connectivity index (χ2n) is 3.21. The van der Waals surface area contributed by atoms with E-state index < -0.39 is 11.5 Å². The number of aromatic nitrogens is 1. The number of carbonyl (C=O) groups is 1. The highest BCUT2D eigenvalue weighted by Gasteiger charge is 2.13. The molecule has 0 aliphatic heterocycles. The number of nitrogens with one attached hydrogen (secondary N) is 1. The zero-order valence-electron chi connectivity index (χ0n) is 8.56. The minimum Gasteiger partial charge on any atom is -0.322 e. The summed E-state index contributed by atoms with van der Waals surface area (Å²) < 4.78 is 12.5. The molecular weight excluding hydrogens is 263 g/mol. The first kappa shape index (κ1) is 12.0. The number of halogens is 2. The van der Waals surface area contributed by atoms with Crippen LogP contribution in [0.2, 0.25) is 0 Å². The van der Waals surface area contributed by atoms with Crippen molar-refractivity contribution < 1.29 is 9.18 Å². The molecule has 0 radical (unpaired) electrons. The van der Waals surface area contributed by atoms with Crippen molar-refractivity contribution in [3.8, 4) is 10.6 Å². The van der Waals surface area contributed by atoms with Crippen molar-refractivity contribution in [2.75, 3.05) is 5.32 Å². The Morgan fingerprint density at radius 1 is 1.53 bits per heavy atom. The lowest BCUT2D eigenvalue weighted by Gasteiger charge is -2.05. The first-order chi connectivity index (χ1) is 8.16. The maximum absolute atomic E-state index is 12.5. The van der Waals surface area contributed by atoms with Gasteiger partial charge in [0, 0.05) is 22.8 Å². The smallest absolute Gasteiger partial charge is 0.274 e. The summed E-state index contributed by atoms with van der Waals surface area (Å²) in [6, 6.07) is 7.00. The number of hydrogen-bond acceptors (Lipinski definition) is 3. The third kappa shape index (κ3) is 3.01. The average Bonchev–Trinajstić information content (AvgIpc) is 2.82. The molecule has 0 aliphatic carbocycles. The largest absolute Gasteiger partial charge is 0.322 e. The fourth-order valence-electron chi connectivity index (χ4n) is 1.29. The Balaban J connectivity index is 2.20. The standard InChI is InChI=1S/C11H8ClFN2OS/c12-9(13)10(16)15-8-3-1-2-7(6-8)11-14-4-5-17-11/h1-6,9H,(H,15,16). The van der Waals surface area contributed by atoms with Crippen molar-refractivity contribution in [3.05, 3.63) is 35.8 Å². The lowest BCUT2D eigenvalue weighted by molar-refractivity contribution is -0.118. The molecular formula is C11H8ClFN2OS.